The zero-order valence-corrected chi connectivity index (χ0v) is 11.3. The first-order valence-corrected chi connectivity index (χ1v) is 6.23. The van der Waals surface area contributed by atoms with Crippen molar-refractivity contribution in [1.29, 1.82) is 0 Å². The third kappa shape index (κ3) is 3.58. The van der Waals surface area contributed by atoms with Gasteiger partial charge in [0.2, 0.25) is 5.43 Å². The van der Waals surface area contributed by atoms with Crippen LogP contribution in [-0.4, -0.2) is 39.9 Å². The standard InChI is InChI=1S/C13H22N2O3/c1-4-10(2)15-9-13(18)12(17)7-11(15)8-14(3)5-6-16/h7,9-10,16,18H,4-6,8H2,1-3H3. The molecule has 0 fully saturated rings. The number of aliphatic hydroxyl groups is 1. The average molecular weight is 254 g/mol. The monoisotopic (exact) mass is 254 g/mol. The first kappa shape index (κ1) is 14.7. The van der Waals surface area contributed by atoms with Crippen LogP contribution in [-0.2, 0) is 6.54 Å². The van der Waals surface area contributed by atoms with Crippen molar-refractivity contribution in [3.8, 4) is 5.75 Å². The maximum absolute atomic E-state index is 11.5. The Morgan fingerprint density at radius 3 is 2.72 bits per heavy atom. The third-order valence-electron chi connectivity index (χ3n) is 3.12. The highest BCUT2D eigenvalue weighted by Gasteiger charge is 2.11. The molecule has 0 aliphatic carbocycles. The molecule has 18 heavy (non-hydrogen) atoms. The molecular formula is C13H22N2O3. The number of likely N-dealkylation sites (N-methyl/N-ethyl adjacent to an activating group) is 1. The Morgan fingerprint density at radius 1 is 1.50 bits per heavy atom. The minimum absolute atomic E-state index is 0.0855. The number of aromatic nitrogens is 1. The van der Waals surface area contributed by atoms with Crippen LogP contribution in [0.25, 0.3) is 0 Å². The van der Waals surface area contributed by atoms with Gasteiger partial charge in [-0.2, -0.15) is 0 Å². The number of hydrogen-bond acceptors (Lipinski definition) is 4. The Kier molecular flexibility index (Phi) is 5.37. The molecule has 0 spiro atoms. The molecule has 102 valence electrons. The van der Waals surface area contributed by atoms with Crippen LogP contribution in [0.2, 0.25) is 0 Å². The van der Waals surface area contributed by atoms with Gasteiger partial charge in [0.25, 0.3) is 0 Å². The van der Waals surface area contributed by atoms with Crippen LogP contribution in [0, 0.1) is 0 Å². The molecule has 5 nitrogen and oxygen atoms in total. The largest absolute Gasteiger partial charge is 0.503 e. The predicted octanol–water partition coefficient (Wildman–Crippen LogP) is 0.949. The molecule has 0 saturated heterocycles. The van der Waals surface area contributed by atoms with Crippen molar-refractivity contribution < 1.29 is 10.2 Å². The second kappa shape index (κ2) is 6.56. The van der Waals surface area contributed by atoms with Crippen molar-refractivity contribution in [3.05, 3.63) is 28.2 Å². The summed E-state index contributed by atoms with van der Waals surface area (Å²) < 4.78 is 1.92. The Labute approximate surface area is 107 Å². The summed E-state index contributed by atoms with van der Waals surface area (Å²) in [4.78, 5) is 13.4. The first-order valence-electron chi connectivity index (χ1n) is 6.23. The summed E-state index contributed by atoms with van der Waals surface area (Å²) in [5.74, 6) is -0.219. The van der Waals surface area contributed by atoms with Crippen molar-refractivity contribution in [2.24, 2.45) is 0 Å². The molecule has 1 atom stereocenters. The maximum atomic E-state index is 11.5. The molecule has 0 bridgehead atoms. The lowest BCUT2D eigenvalue weighted by molar-refractivity contribution is 0.213. The predicted molar refractivity (Wildman–Crippen MR) is 70.8 cm³/mol. The van der Waals surface area contributed by atoms with Crippen molar-refractivity contribution in [3.63, 3.8) is 0 Å². The molecule has 0 aliphatic rings. The molecule has 0 saturated carbocycles. The molecule has 1 aromatic rings. The normalized spacial score (nSPS) is 12.9. The lowest BCUT2D eigenvalue weighted by atomic mass is 10.2. The second-order valence-corrected chi connectivity index (χ2v) is 4.64. The van der Waals surface area contributed by atoms with E-state index in [-0.39, 0.29) is 23.8 Å². The van der Waals surface area contributed by atoms with Gasteiger partial charge in [0, 0.05) is 30.9 Å². The number of aliphatic hydroxyl groups excluding tert-OH is 1. The molecule has 1 unspecified atom stereocenters. The molecule has 5 heteroatoms. The Bertz CT molecular complexity index is 442. The van der Waals surface area contributed by atoms with Gasteiger partial charge < -0.3 is 14.8 Å². The lowest BCUT2D eigenvalue weighted by Crippen LogP contribution is -2.26. The van der Waals surface area contributed by atoms with E-state index in [9.17, 15) is 9.90 Å². The van der Waals surface area contributed by atoms with Crippen LogP contribution in [0.1, 0.15) is 32.0 Å². The van der Waals surface area contributed by atoms with E-state index in [0.717, 1.165) is 12.1 Å². The van der Waals surface area contributed by atoms with E-state index in [2.05, 4.69) is 6.92 Å². The van der Waals surface area contributed by atoms with Crippen LogP contribution < -0.4 is 5.43 Å². The van der Waals surface area contributed by atoms with E-state index in [1.165, 1.54) is 12.3 Å². The van der Waals surface area contributed by atoms with Gasteiger partial charge in [-0.05, 0) is 20.4 Å². The van der Waals surface area contributed by atoms with E-state index in [1.54, 1.807) is 0 Å². The van der Waals surface area contributed by atoms with Gasteiger partial charge in [0.05, 0.1) is 12.8 Å². The summed E-state index contributed by atoms with van der Waals surface area (Å²) in [6.45, 7) is 5.30. The van der Waals surface area contributed by atoms with E-state index >= 15 is 0 Å². The third-order valence-corrected chi connectivity index (χ3v) is 3.12. The summed E-state index contributed by atoms with van der Waals surface area (Å²) in [5.41, 5.74) is 0.491. The van der Waals surface area contributed by atoms with Crippen LogP contribution in [0.3, 0.4) is 0 Å². The van der Waals surface area contributed by atoms with Gasteiger partial charge in [0.1, 0.15) is 0 Å². The van der Waals surface area contributed by atoms with Crippen molar-refractivity contribution >= 4 is 0 Å². The number of nitrogens with zero attached hydrogens (tertiary/aromatic N) is 2. The number of hydrogen-bond donors (Lipinski definition) is 2. The minimum Gasteiger partial charge on any atom is -0.503 e. The molecule has 0 aliphatic heterocycles. The fourth-order valence-electron chi connectivity index (χ4n) is 1.84. The van der Waals surface area contributed by atoms with Crippen molar-refractivity contribution in [2.75, 3.05) is 20.2 Å². The van der Waals surface area contributed by atoms with E-state index < -0.39 is 0 Å². The van der Waals surface area contributed by atoms with Gasteiger partial charge in [-0.15, -0.1) is 0 Å². The molecule has 1 rings (SSSR count). The first-order chi connectivity index (χ1) is 8.49. The van der Waals surface area contributed by atoms with Crippen LogP contribution in [0.4, 0.5) is 0 Å². The molecule has 0 amide bonds. The summed E-state index contributed by atoms with van der Waals surface area (Å²) in [6, 6.07) is 1.68. The zero-order valence-electron chi connectivity index (χ0n) is 11.3. The van der Waals surface area contributed by atoms with Gasteiger partial charge in [-0.1, -0.05) is 6.92 Å². The quantitative estimate of drug-likeness (QED) is 0.793. The van der Waals surface area contributed by atoms with E-state index in [0.29, 0.717) is 13.1 Å². The molecule has 2 N–H and O–H groups in total. The summed E-state index contributed by atoms with van der Waals surface area (Å²) in [7, 11) is 1.88. The number of pyridine rings is 1. The molecule has 0 radical (unpaired) electrons. The van der Waals surface area contributed by atoms with Gasteiger partial charge in [0.15, 0.2) is 5.75 Å². The van der Waals surface area contributed by atoms with Gasteiger partial charge in [-0.25, -0.2) is 0 Å². The summed E-state index contributed by atoms with van der Waals surface area (Å²) in [6.07, 6.45) is 2.41. The van der Waals surface area contributed by atoms with Crippen molar-refractivity contribution in [1.82, 2.24) is 9.47 Å². The summed E-state index contributed by atoms with van der Waals surface area (Å²) >= 11 is 0. The van der Waals surface area contributed by atoms with Crippen molar-refractivity contribution in [2.45, 2.75) is 32.9 Å². The molecule has 1 aromatic heterocycles. The average Bonchev–Trinajstić information content (AvgIpc) is 2.32. The van der Waals surface area contributed by atoms with Crippen LogP contribution in [0.5, 0.6) is 5.75 Å². The Hall–Kier alpha value is -1.33. The Balaban J connectivity index is 3.07. The molecule has 1 heterocycles. The van der Waals surface area contributed by atoms with E-state index in [4.69, 9.17) is 5.11 Å². The van der Waals surface area contributed by atoms with E-state index in [1.807, 2.05) is 23.4 Å². The topological polar surface area (TPSA) is 65.7 Å². The highest BCUT2D eigenvalue weighted by atomic mass is 16.3. The van der Waals surface area contributed by atoms with Gasteiger partial charge >= 0.3 is 0 Å². The van der Waals surface area contributed by atoms with Crippen LogP contribution >= 0.6 is 0 Å². The SMILES string of the molecule is CCC(C)n1cc(O)c(=O)cc1CN(C)CCO. The van der Waals surface area contributed by atoms with Crippen LogP contribution in [0.15, 0.2) is 17.1 Å². The van der Waals surface area contributed by atoms with Gasteiger partial charge in [-0.3, -0.25) is 9.69 Å². The fraction of sp³-hybridized carbons (Fsp3) is 0.615. The smallest absolute Gasteiger partial charge is 0.223 e. The number of rotatable bonds is 6. The second-order valence-electron chi connectivity index (χ2n) is 4.64. The summed E-state index contributed by atoms with van der Waals surface area (Å²) in [5, 5.41) is 18.4. The Morgan fingerprint density at radius 2 is 2.17 bits per heavy atom. The highest BCUT2D eigenvalue weighted by molar-refractivity contribution is 5.21. The zero-order chi connectivity index (χ0) is 13.7. The molecule has 0 aromatic carbocycles. The molecular weight excluding hydrogens is 232 g/mol. The maximum Gasteiger partial charge on any atom is 0.223 e. The number of aromatic hydroxyl groups is 1. The highest BCUT2D eigenvalue weighted by Crippen LogP contribution is 2.16. The minimum atomic E-state index is -0.359. The lowest BCUT2D eigenvalue weighted by Gasteiger charge is -2.23. The fourth-order valence-corrected chi connectivity index (χ4v) is 1.84.